The van der Waals surface area contributed by atoms with Gasteiger partial charge in [0.2, 0.25) is 0 Å². The lowest BCUT2D eigenvalue weighted by molar-refractivity contribution is 0.196. The van der Waals surface area contributed by atoms with Crippen molar-refractivity contribution < 1.29 is 28.5 Å². The van der Waals surface area contributed by atoms with E-state index >= 15 is 0 Å². The van der Waals surface area contributed by atoms with Crippen LogP contribution in [0.2, 0.25) is 0 Å². The molecule has 2 aromatic carbocycles. The maximum absolute atomic E-state index is 14.6. The van der Waals surface area contributed by atoms with E-state index in [0.717, 1.165) is 43.2 Å². The lowest BCUT2D eigenvalue weighted by Crippen LogP contribution is -2.30. The number of ether oxygens (including phenoxy) is 2. The molecule has 4 nitrogen and oxygen atoms in total. The molecule has 0 heterocycles. The molecular formula is C22H26F2O4. The smallest absolute Gasteiger partial charge is 0.165 e. The zero-order valence-corrected chi connectivity index (χ0v) is 15.8. The quantitative estimate of drug-likeness (QED) is 0.714. The highest BCUT2D eigenvalue weighted by molar-refractivity contribution is 5.44. The third-order valence-corrected chi connectivity index (χ3v) is 5.37. The van der Waals surface area contributed by atoms with E-state index in [4.69, 9.17) is 19.7 Å². The summed E-state index contributed by atoms with van der Waals surface area (Å²) in [6.07, 6.45) is 4.67. The van der Waals surface area contributed by atoms with Gasteiger partial charge in [-0.15, -0.1) is 0 Å². The van der Waals surface area contributed by atoms with E-state index < -0.39 is 17.0 Å². The van der Waals surface area contributed by atoms with Gasteiger partial charge in [0, 0.05) is 5.41 Å². The van der Waals surface area contributed by atoms with Crippen LogP contribution in [0.3, 0.4) is 0 Å². The van der Waals surface area contributed by atoms with Crippen molar-refractivity contribution >= 4 is 0 Å². The summed E-state index contributed by atoms with van der Waals surface area (Å²) < 4.78 is 39.6. The van der Waals surface area contributed by atoms with E-state index in [1.807, 2.05) is 12.1 Å². The van der Waals surface area contributed by atoms with Crippen molar-refractivity contribution in [1.82, 2.24) is 0 Å². The van der Waals surface area contributed by atoms with E-state index in [-0.39, 0.29) is 37.9 Å². The monoisotopic (exact) mass is 392 g/mol. The Balaban J connectivity index is 1.97. The van der Waals surface area contributed by atoms with Crippen LogP contribution in [0, 0.1) is 11.6 Å². The van der Waals surface area contributed by atoms with Crippen molar-refractivity contribution in [2.75, 3.05) is 26.4 Å². The van der Waals surface area contributed by atoms with Gasteiger partial charge in [0.25, 0.3) is 0 Å². The summed E-state index contributed by atoms with van der Waals surface area (Å²) in [6.45, 7) is -0.311. The van der Waals surface area contributed by atoms with Crippen LogP contribution in [0.4, 0.5) is 8.78 Å². The fourth-order valence-electron chi connectivity index (χ4n) is 4.04. The summed E-state index contributed by atoms with van der Waals surface area (Å²) in [4.78, 5) is 0. The van der Waals surface area contributed by atoms with Gasteiger partial charge in [-0.2, -0.15) is 0 Å². The molecule has 0 aliphatic heterocycles. The summed E-state index contributed by atoms with van der Waals surface area (Å²) in [7, 11) is 0. The van der Waals surface area contributed by atoms with Crippen molar-refractivity contribution in [2.24, 2.45) is 0 Å². The molecule has 2 N–H and O–H groups in total. The van der Waals surface area contributed by atoms with Gasteiger partial charge in [0.15, 0.2) is 23.1 Å². The van der Waals surface area contributed by atoms with Crippen LogP contribution in [-0.2, 0) is 5.41 Å². The first-order chi connectivity index (χ1) is 13.6. The topological polar surface area (TPSA) is 58.9 Å². The Hall–Kier alpha value is -2.18. The van der Waals surface area contributed by atoms with Crippen LogP contribution in [0.5, 0.6) is 11.5 Å². The summed E-state index contributed by atoms with van der Waals surface area (Å²) in [6, 6.07) is 9.74. The number of aliphatic hydroxyl groups is 2. The van der Waals surface area contributed by atoms with E-state index in [9.17, 15) is 8.78 Å². The van der Waals surface area contributed by atoms with Gasteiger partial charge in [-0.05, 0) is 48.2 Å². The molecule has 3 rings (SSSR count). The molecule has 0 atom stereocenters. The van der Waals surface area contributed by atoms with Gasteiger partial charge in [0.05, 0.1) is 13.2 Å². The van der Waals surface area contributed by atoms with Crippen LogP contribution >= 0.6 is 0 Å². The number of benzene rings is 2. The van der Waals surface area contributed by atoms with Gasteiger partial charge < -0.3 is 19.7 Å². The molecule has 0 aromatic heterocycles. The average Bonchev–Trinajstić information content (AvgIpc) is 2.72. The second-order valence-corrected chi connectivity index (χ2v) is 7.08. The minimum absolute atomic E-state index is 0.0297. The van der Waals surface area contributed by atoms with Crippen LogP contribution in [0.15, 0.2) is 36.4 Å². The third kappa shape index (κ3) is 4.28. The molecule has 0 saturated heterocycles. The first kappa shape index (κ1) is 20.6. The maximum Gasteiger partial charge on any atom is 0.165 e. The van der Waals surface area contributed by atoms with Crippen LogP contribution < -0.4 is 9.47 Å². The summed E-state index contributed by atoms with van der Waals surface area (Å²) in [5.74, 6) is -0.774. The Morgan fingerprint density at radius 2 is 1.21 bits per heavy atom. The number of hydrogen-bond donors (Lipinski definition) is 2. The SMILES string of the molecule is OCCOc1ccc(C2(c3ccc(OCCO)c(F)c3)CCCCC2)cc1F. The minimum atomic E-state index is -0.487. The van der Waals surface area contributed by atoms with Crippen molar-refractivity contribution in [3.8, 4) is 11.5 Å². The molecule has 0 amide bonds. The second-order valence-electron chi connectivity index (χ2n) is 7.08. The number of rotatable bonds is 8. The van der Waals surface area contributed by atoms with E-state index in [0.29, 0.717) is 0 Å². The van der Waals surface area contributed by atoms with Crippen LogP contribution in [0.1, 0.15) is 43.2 Å². The summed E-state index contributed by atoms with van der Waals surface area (Å²) >= 11 is 0. The first-order valence-electron chi connectivity index (χ1n) is 9.68. The Kier molecular flexibility index (Phi) is 6.86. The third-order valence-electron chi connectivity index (χ3n) is 5.37. The van der Waals surface area contributed by atoms with Gasteiger partial charge in [-0.1, -0.05) is 31.4 Å². The predicted molar refractivity (Wildman–Crippen MR) is 102 cm³/mol. The Morgan fingerprint density at radius 3 is 1.61 bits per heavy atom. The molecule has 0 spiro atoms. The second kappa shape index (κ2) is 9.34. The Bertz CT molecular complexity index is 729. The minimum Gasteiger partial charge on any atom is -0.488 e. The summed E-state index contributed by atoms with van der Waals surface area (Å²) in [5, 5.41) is 17.7. The molecule has 1 saturated carbocycles. The van der Waals surface area contributed by atoms with Gasteiger partial charge in [-0.25, -0.2) is 8.78 Å². The van der Waals surface area contributed by atoms with Crippen molar-refractivity contribution in [3.05, 3.63) is 59.2 Å². The zero-order valence-electron chi connectivity index (χ0n) is 15.8. The Morgan fingerprint density at radius 1 is 0.750 bits per heavy atom. The predicted octanol–water partition coefficient (Wildman–Crippen LogP) is 3.96. The number of halogens is 2. The molecular weight excluding hydrogens is 366 g/mol. The highest BCUT2D eigenvalue weighted by atomic mass is 19.1. The molecule has 0 unspecified atom stereocenters. The molecule has 1 aliphatic carbocycles. The number of hydrogen-bond acceptors (Lipinski definition) is 4. The molecule has 152 valence electrons. The van der Waals surface area contributed by atoms with E-state index in [1.54, 1.807) is 12.1 Å². The lowest BCUT2D eigenvalue weighted by atomic mass is 9.65. The lowest BCUT2D eigenvalue weighted by Gasteiger charge is -2.39. The molecule has 1 fully saturated rings. The van der Waals surface area contributed by atoms with Gasteiger partial charge in [-0.3, -0.25) is 0 Å². The van der Waals surface area contributed by atoms with Crippen molar-refractivity contribution in [1.29, 1.82) is 0 Å². The molecule has 0 bridgehead atoms. The van der Waals surface area contributed by atoms with Gasteiger partial charge in [0.1, 0.15) is 13.2 Å². The van der Waals surface area contributed by atoms with Crippen LogP contribution in [-0.4, -0.2) is 36.6 Å². The van der Waals surface area contributed by atoms with E-state index in [1.165, 1.54) is 12.1 Å². The standard InChI is InChI=1S/C22H26F2O4/c23-18-14-16(4-6-20(18)27-12-10-25)22(8-2-1-3-9-22)17-5-7-21(19(24)15-17)28-13-11-26/h4-7,14-15,25-26H,1-3,8-13H2. The first-order valence-corrected chi connectivity index (χ1v) is 9.68. The summed E-state index contributed by atoms with van der Waals surface area (Å²) in [5.41, 5.74) is 1.12. The molecule has 0 radical (unpaired) electrons. The average molecular weight is 392 g/mol. The molecule has 2 aromatic rings. The molecule has 6 heteroatoms. The largest absolute Gasteiger partial charge is 0.488 e. The fourth-order valence-corrected chi connectivity index (χ4v) is 4.04. The number of aliphatic hydroxyl groups excluding tert-OH is 2. The molecule has 28 heavy (non-hydrogen) atoms. The van der Waals surface area contributed by atoms with Crippen molar-refractivity contribution in [2.45, 2.75) is 37.5 Å². The van der Waals surface area contributed by atoms with E-state index in [2.05, 4.69) is 0 Å². The highest BCUT2D eigenvalue weighted by Crippen LogP contribution is 2.46. The highest BCUT2D eigenvalue weighted by Gasteiger charge is 2.36. The zero-order chi connectivity index (χ0) is 20.0. The normalized spacial score (nSPS) is 16.0. The molecule has 1 aliphatic rings. The maximum atomic E-state index is 14.6. The van der Waals surface area contributed by atoms with Crippen molar-refractivity contribution in [3.63, 3.8) is 0 Å². The van der Waals surface area contributed by atoms with Gasteiger partial charge >= 0.3 is 0 Å². The Labute approximate surface area is 163 Å². The fraction of sp³-hybridized carbons (Fsp3) is 0.455. The van der Waals surface area contributed by atoms with Crippen LogP contribution in [0.25, 0.3) is 0 Å².